The number of hydrogen-bond acceptors (Lipinski definition) is 3. The van der Waals surface area contributed by atoms with Crippen LogP contribution in [0.5, 0.6) is 0 Å². The summed E-state index contributed by atoms with van der Waals surface area (Å²) in [5.74, 6) is 0. The zero-order valence-corrected chi connectivity index (χ0v) is 24.3. The third-order valence-electron chi connectivity index (χ3n) is 6.31. The molecule has 0 radical (unpaired) electrons. The Balaban J connectivity index is 2.08. The molecular weight excluding hydrogens is 455 g/mol. The number of unbranched alkanes of at least 4 members (excludes halogenated alkanes) is 18. The topological polar surface area (TPSA) is 18.5 Å². The van der Waals surface area contributed by atoms with E-state index in [1.54, 1.807) is 11.4 Å². The third kappa shape index (κ3) is 21.2. The molecule has 0 aliphatic heterocycles. The molecule has 0 spiro atoms. The van der Waals surface area contributed by atoms with E-state index in [9.17, 15) is 0 Å². The van der Waals surface area contributed by atoms with Crippen molar-refractivity contribution >= 4 is 19.0 Å². The molecule has 0 aromatic heterocycles. The molecule has 0 bridgehead atoms. The molecule has 1 aromatic rings. The predicted octanol–water partition coefficient (Wildman–Crippen LogP) is 11.9. The fourth-order valence-corrected chi connectivity index (χ4v) is 6.95. The maximum atomic E-state index is 6.22. The van der Waals surface area contributed by atoms with Gasteiger partial charge in [-0.15, -0.1) is 0 Å². The van der Waals surface area contributed by atoms with Gasteiger partial charge in [-0.1, -0.05) is 148 Å². The van der Waals surface area contributed by atoms with Gasteiger partial charge in [0.2, 0.25) is 7.58 Å². The standard InChI is InChI=1S/C30H55O2PS/c1-3-5-7-9-11-13-15-17-19-24-28-31-33(34-30-26-22-21-23-27-30)32-29-25-20-18-16-14-12-10-8-6-4-2/h21-23,26-27H,3-20,24-25,28-29H2,1-2H3. The summed E-state index contributed by atoms with van der Waals surface area (Å²) in [5.41, 5.74) is 0. The Kier molecular flexibility index (Phi) is 24.4. The van der Waals surface area contributed by atoms with Crippen LogP contribution in [-0.4, -0.2) is 13.2 Å². The zero-order valence-electron chi connectivity index (χ0n) is 22.6. The van der Waals surface area contributed by atoms with Crippen LogP contribution in [-0.2, 0) is 9.05 Å². The van der Waals surface area contributed by atoms with Gasteiger partial charge in [0, 0.05) is 4.90 Å². The first-order valence-electron chi connectivity index (χ1n) is 14.7. The Bertz CT molecular complexity index is 488. The van der Waals surface area contributed by atoms with E-state index >= 15 is 0 Å². The van der Waals surface area contributed by atoms with E-state index in [2.05, 4.69) is 44.2 Å². The lowest BCUT2D eigenvalue weighted by Gasteiger charge is -2.16. The van der Waals surface area contributed by atoms with Gasteiger partial charge in [0.25, 0.3) is 0 Å². The van der Waals surface area contributed by atoms with Crippen LogP contribution in [0.2, 0.25) is 0 Å². The average Bonchev–Trinajstić information content (AvgIpc) is 2.86. The van der Waals surface area contributed by atoms with E-state index < -0.39 is 7.58 Å². The van der Waals surface area contributed by atoms with E-state index in [0.717, 1.165) is 26.1 Å². The lowest BCUT2D eigenvalue weighted by molar-refractivity contribution is 0.251. The normalized spacial score (nSPS) is 11.5. The summed E-state index contributed by atoms with van der Waals surface area (Å²) in [5, 5.41) is 0. The molecule has 0 N–H and O–H groups in total. The summed E-state index contributed by atoms with van der Waals surface area (Å²) >= 11 is 1.77. The first-order valence-corrected chi connectivity index (χ1v) is 17.3. The second-order valence-electron chi connectivity index (χ2n) is 9.66. The van der Waals surface area contributed by atoms with Gasteiger partial charge in [-0.2, -0.15) is 0 Å². The Hall–Kier alpha value is -0.0800. The Morgan fingerprint density at radius 2 is 0.853 bits per heavy atom. The summed E-state index contributed by atoms with van der Waals surface area (Å²) in [6.07, 6.45) is 27.2. The minimum atomic E-state index is -0.893. The van der Waals surface area contributed by atoms with Gasteiger partial charge >= 0.3 is 0 Å². The second-order valence-corrected chi connectivity index (χ2v) is 12.7. The van der Waals surface area contributed by atoms with E-state index in [1.165, 1.54) is 120 Å². The Morgan fingerprint density at radius 1 is 0.500 bits per heavy atom. The fraction of sp³-hybridized carbons (Fsp3) is 0.800. The van der Waals surface area contributed by atoms with Crippen molar-refractivity contribution < 1.29 is 9.05 Å². The highest BCUT2D eigenvalue weighted by molar-refractivity contribution is 8.52. The molecule has 0 amide bonds. The van der Waals surface area contributed by atoms with Gasteiger partial charge in [-0.3, -0.25) is 0 Å². The van der Waals surface area contributed by atoms with Gasteiger partial charge in [0.05, 0.1) is 13.2 Å². The van der Waals surface area contributed by atoms with Crippen molar-refractivity contribution in [1.82, 2.24) is 0 Å². The third-order valence-corrected chi connectivity index (χ3v) is 9.44. The smallest absolute Gasteiger partial charge is 0.243 e. The largest absolute Gasteiger partial charge is 0.326 e. The van der Waals surface area contributed by atoms with E-state index in [1.807, 2.05) is 0 Å². The molecule has 0 atom stereocenters. The number of rotatable bonds is 26. The van der Waals surface area contributed by atoms with Gasteiger partial charge < -0.3 is 9.05 Å². The lowest BCUT2D eigenvalue weighted by Crippen LogP contribution is -1.95. The maximum absolute atomic E-state index is 6.22. The molecule has 0 unspecified atom stereocenters. The molecule has 0 heterocycles. The van der Waals surface area contributed by atoms with Crippen molar-refractivity contribution in [2.75, 3.05) is 13.2 Å². The maximum Gasteiger partial charge on any atom is 0.243 e. The van der Waals surface area contributed by atoms with Crippen molar-refractivity contribution in [2.24, 2.45) is 0 Å². The van der Waals surface area contributed by atoms with E-state index in [0.29, 0.717) is 0 Å². The van der Waals surface area contributed by atoms with Gasteiger partial charge in [0.1, 0.15) is 0 Å². The SMILES string of the molecule is CCCCCCCCCCCCOP(OCCCCCCCCCCCC)Sc1ccccc1. The minimum absolute atomic E-state index is 0.833. The second kappa shape index (κ2) is 26.0. The van der Waals surface area contributed by atoms with Crippen molar-refractivity contribution in [2.45, 2.75) is 147 Å². The molecule has 2 nitrogen and oxygen atoms in total. The van der Waals surface area contributed by atoms with Crippen LogP contribution in [0.15, 0.2) is 35.2 Å². The molecule has 34 heavy (non-hydrogen) atoms. The summed E-state index contributed by atoms with van der Waals surface area (Å²) < 4.78 is 12.4. The van der Waals surface area contributed by atoms with Crippen LogP contribution in [0.4, 0.5) is 0 Å². The van der Waals surface area contributed by atoms with Crippen molar-refractivity contribution in [3.05, 3.63) is 30.3 Å². The van der Waals surface area contributed by atoms with Crippen LogP contribution >= 0.6 is 19.0 Å². The Morgan fingerprint density at radius 3 is 1.24 bits per heavy atom. The lowest BCUT2D eigenvalue weighted by atomic mass is 10.1. The minimum Gasteiger partial charge on any atom is -0.326 e. The van der Waals surface area contributed by atoms with Crippen LogP contribution in [0.25, 0.3) is 0 Å². The van der Waals surface area contributed by atoms with Gasteiger partial charge in [0.15, 0.2) is 0 Å². The van der Waals surface area contributed by atoms with E-state index in [-0.39, 0.29) is 0 Å². The highest BCUT2D eigenvalue weighted by atomic mass is 32.7. The van der Waals surface area contributed by atoms with Crippen molar-refractivity contribution in [1.29, 1.82) is 0 Å². The van der Waals surface area contributed by atoms with Crippen molar-refractivity contribution in [3.63, 3.8) is 0 Å². The first-order chi connectivity index (χ1) is 16.9. The van der Waals surface area contributed by atoms with Gasteiger partial charge in [-0.05, 0) is 36.4 Å². The summed E-state index contributed by atoms with van der Waals surface area (Å²) in [6, 6.07) is 10.6. The number of benzene rings is 1. The molecular formula is C30H55O2PS. The summed E-state index contributed by atoms with van der Waals surface area (Å²) in [7, 11) is -0.893. The van der Waals surface area contributed by atoms with Crippen molar-refractivity contribution in [3.8, 4) is 0 Å². The summed E-state index contributed by atoms with van der Waals surface area (Å²) in [4.78, 5) is 1.25. The summed E-state index contributed by atoms with van der Waals surface area (Å²) in [6.45, 7) is 6.24. The Labute approximate surface area is 218 Å². The van der Waals surface area contributed by atoms with Crippen LogP contribution in [0.3, 0.4) is 0 Å². The highest BCUT2D eigenvalue weighted by Crippen LogP contribution is 2.55. The average molecular weight is 511 g/mol. The molecule has 0 aliphatic rings. The molecule has 198 valence electrons. The highest BCUT2D eigenvalue weighted by Gasteiger charge is 2.13. The monoisotopic (exact) mass is 510 g/mol. The molecule has 4 heteroatoms. The van der Waals surface area contributed by atoms with Crippen LogP contribution in [0.1, 0.15) is 142 Å². The molecule has 1 aromatic carbocycles. The predicted molar refractivity (Wildman–Crippen MR) is 155 cm³/mol. The first kappa shape index (κ1) is 31.9. The van der Waals surface area contributed by atoms with Crippen LogP contribution in [0, 0.1) is 0 Å². The van der Waals surface area contributed by atoms with Crippen LogP contribution < -0.4 is 0 Å². The van der Waals surface area contributed by atoms with Gasteiger partial charge in [-0.25, -0.2) is 0 Å². The quantitative estimate of drug-likeness (QED) is 0.0912. The molecule has 0 aliphatic carbocycles. The molecule has 0 fully saturated rings. The zero-order chi connectivity index (χ0) is 24.4. The molecule has 1 rings (SSSR count). The molecule has 0 saturated heterocycles. The molecule has 0 saturated carbocycles. The number of hydrogen-bond donors (Lipinski definition) is 0. The fourth-order valence-electron chi connectivity index (χ4n) is 4.11. The van der Waals surface area contributed by atoms with E-state index in [4.69, 9.17) is 9.05 Å².